The van der Waals surface area contributed by atoms with Crippen LogP contribution in [0, 0.1) is 59.2 Å². The Bertz CT molecular complexity index is 1130. The molecule has 16 unspecified atom stereocenters. The number of aliphatic hydroxyl groups excluding tert-OH is 2. The minimum Gasteiger partial charge on any atom is -0.462 e. The number of rotatable bonds is 12. The number of ether oxygens (including phenoxy) is 4. The fourth-order valence-corrected chi connectivity index (χ4v) is 11.3. The Balaban J connectivity index is 1.36. The zero-order valence-electron chi connectivity index (χ0n) is 31.6. The lowest BCUT2D eigenvalue weighted by Gasteiger charge is -2.50. The number of nitrogens with one attached hydrogen (secondary N) is 1. The van der Waals surface area contributed by atoms with Crippen molar-refractivity contribution >= 4 is 11.9 Å². The van der Waals surface area contributed by atoms with E-state index in [-0.39, 0.29) is 48.1 Å². The molecule has 0 spiro atoms. The molecular weight excluding hydrogens is 636 g/mol. The second-order valence-electron chi connectivity index (χ2n) is 17.1. The lowest BCUT2D eigenvalue weighted by atomic mass is 9.57. The molecule has 0 radical (unpaired) electrons. The summed E-state index contributed by atoms with van der Waals surface area (Å²) in [4.78, 5) is 25.2. The molecule has 4 fully saturated rings. The highest BCUT2D eigenvalue weighted by Gasteiger charge is 2.48. The monoisotopic (exact) mass is 704 g/mol. The number of carbonyl (C=O) groups excluding carboxylic acids is 2. The van der Waals surface area contributed by atoms with Gasteiger partial charge in [-0.25, -0.2) is 0 Å². The molecule has 3 saturated carbocycles. The van der Waals surface area contributed by atoms with Crippen LogP contribution in [0.1, 0.15) is 105 Å². The highest BCUT2D eigenvalue weighted by molar-refractivity contribution is 5.66. The average Bonchev–Trinajstić information content (AvgIpc) is 3.23. The number of fused-ring (bicyclic) bond motifs is 1. The molecule has 0 amide bonds. The summed E-state index contributed by atoms with van der Waals surface area (Å²) in [5, 5.41) is 26.3. The lowest BCUT2D eigenvalue weighted by molar-refractivity contribution is -0.159. The number of hydrogen-bond donors (Lipinski definition) is 4. The van der Waals surface area contributed by atoms with Crippen LogP contribution in [0.5, 0.6) is 0 Å². The van der Waals surface area contributed by atoms with Crippen LogP contribution in [0.15, 0.2) is 12.2 Å². The second kappa shape index (κ2) is 18.0. The first kappa shape index (κ1) is 39.6. The SMILES string of the molecule is COC1C=CC2CC(C(C)C)C3CC(C(CC(CCC4CC(OC)C(O)CC4C4CCNC(N)C4)OC(C)=O)OC(C)=O)CC(O)C(C1)C2C3. The van der Waals surface area contributed by atoms with Gasteiger partial charge in [0, 0.05) is 34.5 Å². The standard InChI is InChI=1S/C40H68N2O8/c1-22(2)32-14-25-7-9-30(47-5)19-35-34(25)15-28(32)13-29(16-36(35)45)38(50-24(4)44)20-31(49-23(3)43)10-8-26-17-39(48-6)37(46)21-33(26)27-11-12-42-40(41)18-27/h7,9,22,25-40,42,45-46H,8,10-21,41H2,1-6H3. The Morgan fingerprint density at radius 1 is 0.840 bits per heavy atom. The Kier molecular flexibility index (Phi) is 14.3. The smallest absolute Gasteiger partial charge is 0.302 e. The Labute approximate surface area is 301 Å². The number of allylic oxidation sites excluding steroid dienone is 1. The zero-order chi connectivity index (χ0) is 36.1. The first-order valence-electron chi connectivity index (χ1n) is 19.8. The van der Waals surface area contributed by atoms with Gasteiger partial charge < -0.3 is 40.2 Å². The van der Waals surface area contributed by atoms with Gasteiger partial charge in [-0.15, -0.1) is 0 Å². The molecule has 1 saturated heterocycles. The number of methoxy groups -OCH3 is 2. The average molecular weight is 705 g/mol. The molecule has 0 aromatic heterocycles. The lowest BCUT2D eigenvalue weighted by Crippen LogP contribution is -2.49. The molecule has 0 aromatic rings. The summed E-state index contributed by atoms with van der Waals surface area (Å²) in [5.41, 5.74) is 6.32. The second-order valence-corrected chi connectivity index (χ2v) is 17.1. The van der Waals surface area contributed by atoms with Crippen molar-refractivity contribution < 1.29 is 38.7 Å². The third-order valence-electron chi connectivity index (χ3n) is 13.7. The number of aliphatic hydroxyl groups is 2. The first-order chi connectivity index (χ1) is 23.9. The van der Waals surface area contributed by atoms with Crippen molar-refractivity contribution in [2.24, 2.45) is 64.9 Å². The number of esters is 2. The summed E-state index contributed by atoms with van der Waals surface area (Å²) < 4.78 is 23.8. The van der Waals surface area contributed by atoms with E-state index in [1.165, 1.54) is 13.8 Å². The van der Waals surface area contributed by atoms with Gasteiger partial charge in [0.2, 0.25) is 0 Å². The van der Waals surface area contributed by atoms with Crippen molar-refractivity contribution in [1.29, 1.82) is 0 Å². The van der Waals surface area contributed by atoms with Crippen LogP contribution in [0.4, 0.5) is 0 Å². The van der Waals surface area contributed by atoms with E-state index in [4.69, 9.17) is 24.7 Å². The molecule has 10 nitrogen and oxygen atoms in total. The molecular formula is C40H68N2O8. The largest absolute Gasteiger partial charge is 0.462 e. The van der Waals surface area contributed by atoms with Gasteiger partial charge in [-0.05, 0) is 136 Å². The van der Waals surface area contributed by atoms with Gasteiger partial charge in [0.05, 0.1) is 30.6 Å². The van der Waals surface area contributed by atoms with Crippen LogP contribution < -0.4 is 11.1 Å². The molecule has 0 aromatic carbocycles. The van der Waals surface area contributed by atoms with E-state index >= 15 is 0 Å². The predicted molar refractivity (Wildman–Crippen MR) is 191 cm³/mol. The summed E-state index contributed by atoms with van der Waals surface area (Å²) in [6.07, 6.45) is 11.9. The molecule has 5 rings (SSSR count). The van der Waals surface area contributed by atoms with Crippen molar-refractivity contribution in [3.05, 3.63) is 12.2 Å². The highest BCUT2D eigenvalue weighted by Crippen LogP contribution is 2.53. The van der Waals surface area contributed by atoms with E-state index < -0.39 is 24.4 Å². The normalized spacial score (nSPS) is 41.7. The molecule has 5 N–H and O–H groups in total. The number of nitrogens with two attached hydrogens (primary N) is 1. The van der Waals surface area contributed by atoms with Gasteiger partial charge in [0.25, 0.3) is 0 Å². The van der Waals surface area contributed by atoms with Gasteiger partial charge in [0.1, 0.15) is 12.2 Å². The fourth-order valence-electron chi connectivity index (χ4n) is 11.3. The molecule has 16 atom stereocenters. The van der Waals surface area contributed by atoms with Crippen molar-refractivity contribution in [3.8, 4) is 0 Å². The number of carbonyl (C=O) groups is 2. The quantitative estimate of drug-likeness (QED) is 0.162. The molecule has 10 heteroatoms. The molecule has 4 aliphatic carbocycles. The summed E-state index contributed by atoms with van der Waals surface area (Å²) in [6.45, 7) is 8.43. The van der Waals surface area contributed by atoms with E-state index in [2.05, 4.69) is 31.3 Å². The summed E-state index contributed by atoms with van der Waals surface area (Å²) in [6, 6.07) is 0. The van der Waals surface area contributed by atoms with Crippen LogP contribution in [-0.2, 0) is 28.5 Å². The third kappa shape index (κ3) is 9.90. The number of hydrogen-bond acceptors (Lipinski definition) is 10. The van der Waals surface area contributed by atoms with E-state index in [1.54, 1.807) is 14.2 Å². The summed E-state index contributed by atoms with van der Waals surface area (Å²) in [7, 11) is 3.42. The molecule has 50 heavy (non-hydrogen) atoms. The number of piperidine rings is 1. The van der Waals surface area contributed by atoms with Crippen LogP contribution in [0.3, 0.4) is 0 Å². The van der Waals surface area contributed by atoms with Crippen LogP contribution >= 0.6 is 0 Å². The Morgan fingerprint density at radius 3 is 2.26 bits per heavy atom. The first-order valence-corrected chi connectivity index (χ1v) is 19.8. The van der Waals surface area contributed by atoms with Gasteiger partial charge in [-0.3, -0.25) is 9.59 Å². The summed E-state index contributed by atoms with van der Waals surface area (Å²) in [5.74, 6) is 2.72. The van der Waals surface area contributed by atoms with E-state index in [0.717, 1.165) is 57.9 Å². The van der Waals surface area contributed by atoms with Gasteiger partial charge in [-0.2, -0.15) is 0 Å². The maximum absolute atomic E-state index is 12.7. The molecule has 1 heterocycles. The van der Waals surface area contributed by atoms with E-state index in [9.17, 15) is 19.8 Å². The third-order valence-corrected chi connectivity index (χ3v) is 13.7. The van der Waals surface area contributed by atoms with Crippen LogP contribution in [0.2, 0.25) is 0 Å². The van der Waals surface area contributed by atoms with Gasteiger partial charge >= 0.3 is 11.9 Å². The van der Waals surface area contributed by atoms with Crippen LogP contribution in [0.25, 0.3) is 0 Å². The minimum absolute atomic E-state index is 0.0188. The van der Waals surface area contributed by atoms with Crippen molar-refractivity contribution in [3.63, 3.8) is 0 Å². The maximum Gasteiger partial charge on any atom is 0.302 e. The predicted octanol–water partition coefficient (Wildman–Crippen LogP) is 4.98. The van der Waals surface area contributed by atoms with Crippen molar-refractivity contribution in [1.82, 2.24) is 5.32 Å². The Hall–Kier alpha value is -1.56. The van der Waals surface area contributed by atoms with Crippen LogP contribution in [-0.4, -0.2) is 85.7 Å². The van der Waals surface area contributed by atoms with Crippen molar-refractivity contribution in [2.45, 2.75) is 148 Å². The van der Waals surface area contributed by atoms with Gasteiger partial charge in [-0.1, -0.05) is 26.0 Å². The van der Waals surface area contributed by atoms with Crippen molar-refractivity contribution in [2.75, 3.05) is 20.8 Å². The topological polar surface area (TPSA) is 150 Å². The summed E-state index contributed by atoms with van der Waals surface area (Å²) >= 11 is 0. The zero-order valence-corrected chi connectivity index (χ0v) is 31.6. The molecule has 5 aliphatic rings. The maximum atomic E-state index is 12.7. The molecule has 286 valence electrons. The van der Waals surface area contributed by atoms with E-state index in [0.29, 0.717) is 67.1 Å². The molecule has 1 aliphatic heterocycles. The fraction of sp³-hybridized carbons (Fsp3) is 0.900. The minimum atomic E-state index is -0.538. The molecule has 2 bridgehead atoms. The van der Waals surface area contributed by atoms with E-state index in [1.807, 2.05) is 0 Å². The highest BCUT2D eigenvalue weighted by atomic mass is 16.6. The Morgan fingerprint density at radius 2 is 1.60 bits per heavy atom. The van der Waals surface area contributed by atoms with Gasteiger partial charge in [0.15, 0.2) is 0 Å².